The normalized spacial score (nSPS) is 10.3. The molecule has 0 saturated heterocycles. The van der Waals surface area contributed by atoms with E-state index < -0.39 is 5.97 Å². The summed E-state index contributed by atoms with van der Waals surface area (Å²) in [6.07, 6.45) is 6.48. The molecule has 0 N–H and O–H groups in total. The molecule has 15 heavy (non-hydrogen) atoms. The molecule has 0 aliphatic carbocycles. The minimum absolute atomic E-state index is 0.220. The SMILES string of the molecule is COC(=O)c1nccnc1C=CN(C)C. The average molecular weight is 207 g/mol. The number of aromatic nitrogens is 2. The number of hydrogen-bond acceptors (Lipinski definition) is 5. The molecule has 0 unspecified atom stereocenters. The molecular weight excluding hydrogens is 194 g/mol. The maximum absolute atomic E-state index is 11.3. The van der Waals surface area contributed by atoms with Crippen molar-refractivity contribution in [1.29, 1.82) is 0 Å². The van der Waals surface area contributed by atoms with E-state index in [0.29, 0.717) is 5.69 Å². The number of carbonyl (C=O) groups is 1. The van der Waals surface area contributed by atoms with Crippen LogP contribution >= 0.6 is 0 Å². The number of rotatable bonds is 3. The van der Waals surface area contributed by atoms with Crippen LogP contribution in [0.1, 0.15) is 16.2 Å². The molecule has 0 amide bonds. The van der Waals surface area contributed by atoms with Gasteiger partial charge in [0, 0.05) is 32.7 Å². The third kappa shape index (κ3) is 3.05. The standard InChI is InChI=1S/C10H13N3O2/c1-13(2)7-4-8-9(10(14)15-3)12-6-5-11-8/h4-7H,1-3H3. The van der Waals surface area contributed by atoms with E-state index in [-0.39, 0.29) is 5.69 Å². The number of carbonyl (C=O) groups excluding carboxylic acids is 1. The van der Waals surface area contributed by atoms with Crippen LogP contribution in [-0.2, 0) is 4.74 Å². The molecule has 1 aromatic rings. The van der Waals surface area contributed by atoms with Crippen LogP contribution in [0.4, 0.5) is 0 Å². The minimum Gasteiger partial charge on any atom is -0.464 e. The van der Waals surface area contributed by atoms with Crippen molar-refractivity contribution in [2.24, 2.45) is 0 Å². The number of esters is 1. The third-order valence-corrected chi connectivity index (χ3v) is 1.64. The van der Waals surface area contributed by atoms with Crippen LogP contribution in [0, 0.1) is 0 Å². The van der Waals surface area contributed by atoms with Crippen molar-refractivity contribution < 1.29 is 9.53 Å². The van der Waals surface area contributed by atoms with Gasteiger partial charge in [0.25, 0.3) is 0 Å². The van der Waals surface area contributed by atoms with Gasteiger partial charge < -0.3 is 9.64 Å². The molecular formula is C10H13N3O2. The molecule has 0 radical (unpaired) electrons. The van der Waals surface area contributed by atoms with Crippen LogP contribution in [0.25, 0.3) is 6.08 Å². The van der Waals surface area contributed by atoms with Gasteiger partial charge in [-0.25, -0.2) is 9.78 Å². The van der Waals surface area contributed by atoms with Crippen LogP contribution in [-0.4, -0.2) is 42.0 Å². The molecule has 80 valence electrons. The second-order valence-corrected chi connectivity index (χ2v) is 3.06. The zero-order valence-electron chi connectivity index (χ0n) is 8.97. The molecule has 1 rings (SSSR count). The van der Waals surface area contributed by atoms with E-state index in [4.69, 9.17) is 0 Å². The maximum Gasteiger partial charge on any atom is 0.358 e. The number of ether oxygens (including phenoxy) is 1. The van der Waals surface area contributed by atoms with Gasteiger partial charge in [-0.05, 0) is 6.08 Å². The van der Waals surface area contributed by atoms with E-state index in [1.54, 1.807) is 12.3 Å². The number of hydrogen-bond donors (Lipinski definition) is 0. The Bertz CT molecular complexity index is 375. The lowest BCUT2D eigenvalue weighted by Gasteiger charge is -2.04. The Hall–Kier alpha value is -1.91. The molecule has 0 bridgehead atoms. The monoisotopic (exact) mass is 207 g/mol. The second kappa shape index (κ2) is 5.09. The van der Waals surface area contributed by atoms with Gasteiger partial charge in [-0.15, -0.1) is 0 Å². The lowest BCUT2D eigenvalue weighted by atomic mass is 10.3. The quantitative estimate of drug-likeness (QED) is 0.686. The first kappa shape index (κ1) is 11.2. The van der Waals surface area contributed by atoms with Gasteiger partial charge >= 0.3 is 5.97 Å². The molecule has 5 heteroatoms. The van der Waals surface area contributed by atoms with Crippen molar-refractivity contribution in [2.45, 2.75) is 0 Å². The topological polar surface area (TPSA) is 55.3 Å². The molecule has 0 atom stereocenters. The summed E-state index contributed by atoms with van der Waals surface area (Å²) in [6, 6.07) is 0. The first-order valence-electron chi connectivity index (χ1n) is 4.39. The van der Waals surface area contributed by atoms with Gasteiger partial charge in [0.1, 0.15) is 0 Å². The highest BCUT2D eigenvalue weighted by Gasteiger charge is 2.11. The third-order valence-electron chi connectivity index (χ3n) is 1.64. The van der Waals surface area contributed by atoms with E-state index in [0.717, 1.165) is 0 Å². The van der Waals surface area contributed by atoms with Crippen LogP contribution in [0.15, 0.2) is 18.6 Å². The van der Waals surface area contributed by atoms with Crippen LogP contribution in [0.2, 0.25) is 0 Å². The van der Waals surface area contributed by atoms with Crippen molar-refractivity contribution in [3.8, 4) is 0 Å². The fourth-order valence-corrected chi connectivity index (χ4v) is 0.944. The largest absolute Gasteiger partial charge is 0.464 e. The highest BCUT2D eigenvalue weighted by molar-refractivity contribution is 5.90. The Morgan fingerprint density at radius 3 is 2.67 bits per heavy atom. The van der Waals surface area contributed by atoms with Gasteiger partial charge in [0.2, 0.25) is 0 Å². The molecule has 1 heterocycles. The molecule has 0 aromatic carbocycles. The van der Waals surface area contributed by atoms with Crippen molar-refractivity contribution in [3.63, 3.8) is 0 Å². The summed E-state index contributed by atoms with van der Waals surface area (Å²) >= 11 is 0. The summed E-state index contributed by atoms with van der Waals surface area (Å²) in [7, 11) is 5.08. The lowest BCUT2D eigenvalue weighted by molar-refractivity contribution is 0.0593. The zero-order valence-corrected chi connectivity index (χ0v) is 8.97. The van der Waals surface area contributed by atoms with E-state index in [1.165, 1.54) is 19.5 Å². The molecule has 0 spiro atoms. The molecule has 0 saturated carbocycles. The Kier molecular flexibility index (Phi) is 3.79. The maximum atomic E-state index is 11.3. The Balaban J connectivity index is 3.01. The van der Waals surface area contributed by atoms with Gasteiger partial charge in [0.15, 0.2) is 5.69 Å². The lowest BCUT2D eigenvalue weighted by Crippen LogP contribution is -2.08. The molecule has 0 aliphatic rings. The summed E-state index contributed by atoms with van der Waals surface area (Å²) in [4.78, 5) is 21.1. The van der Waals surface area contributed by atoms with E-state index in [9.17, 15) is 4.79 Å². The number of nitrogens with zero attached hydrogens (tertiary/aromatic N) is 3. The van der Waals surface area contributed by atoms with Gasteiger partial charge in [-0.2, -0.15) is 0 Å². The Morgan fingerprint density at radius 2 is 2.07 bits per heavy atom. The minimum atomic E-state index is -0.485. The van der Waals surface area contributed by atoms with E-state index in [2.05, 4.69) is 14.7 Å². The summed E-state index contributed by atoms with van der Waals surface area (Å²) < 4.78 is 4.59. The van der Waals surface area contributed by atoms with E-state index in [1.807, 2.05) is 19.0 Å². The van der Waals surface area contributed by atoms with Gasteiger partial charge in [-0.3, -0.25) is 4.98 Å². The summed E-state index contributed by atoms with van der Waals surface area (Å²) in [5, 5.41) is 0. The van der Waals surface area contributed by atoms with Crippen molar-refractivity contribution in [2.75, 3.05) is 21.2 Å². The Morgan fingerprint density at radius 1 is 1.40 bits per heavy atom. The van der Waals surface area contributed by atoms with Crippen molar-refractivity contribution >= 4 is 12.0 Å². The van der Waals surface area contributed by atoms with Crippen molar-refractivity contribution in [3.05, 3.63) is 30.0 Å². The predicted octanol–water partition coefficient (Wildman–Crippen LogP) is 0.795. The fraction of sp³-hybridized carbons (Fsp3) is 0.300. The van der Waals surface area contributed by atoms with Crippen LogP contribution in [0.3, 0.4) is 0 Å². The van der Waals surface area contributed by atoms with Crippen molar-refractivity contribution in [1.82, 2.24) is 14.9 Å². The first-order valence-corrected chi connectivity index (χ1v) is 4.39. The number of methoxy groups -OCH3 is 1. The first-order chi connectivity index (χ1) is 7.15. The second-order valence-electron chi connectivity index (χ2n) is 3.06. The average Bonchev–Trinajstić information content (AvgIpc) is 2.25. The van der Waals surface area contributed by atoms with Crippen LogP contribution in [0.5, 0.6) is 0 Å². The van der Waals surface area contributed by atoms with Gasteiger partial charge in [-0.1, -0.05) is 0 Å². The predicted molar refractivity (Wildman–Crippen MR) is 56.1 cm³/mol. The molecule has 5 nitrogen and oxygen atoms in total. The zero-order chi connectivity index (χ0) is 11.3. The summed E-state index contributed by atoms with van der Waals surface area (Å²) in [5.74, 6) is -0.485. The van der Waals surface area contributed by atoms with Crippen LogP contribution < -0.4 is 0 Å². The van der Waals surface area contributed by atoms with Gasteiger partial charge in [0.05, 0.1) is 12.8 Å². The van der Waals surface area contributed by atoms with E-state index >= 15 is 0 Å². The summed E-state index contributed by atoms with van der Waals surface area (Å²) in [6.45, 7) is 0. The highest BCUT2D eigenvalue weighted by atomic mass is 16.5. The Labute approximate surface area is 88.4 Å². The molecule has 0 fully saturated rings. The highest BCUT2D eigenvalue weighted by Crippen LogP contribution is 2.05. The smallest absolute Gasteiger partial charge is 0.358 e. The molecule has 0 aliphatic heterocycles. The molecule has 1 aromatic heterocycles. The summed E-state index contributed by atoms with van der Waals surface area (Å²) in [5.41, 5.74) is 0.719. The fourth-order valence-electron chi connectivity index (χ4n) is 0.944.